The first kappa shape index (κ1) is 13.1. The first-order valence-corrected chi connectivity index (χ1v) is 7.06. The van der Waals surface area contributed by atoms with E-state index in [1.165, 1.54) is 25.0 Å². The molecule has 2 unspecified atom stereocenters. The van der Waals surface area contributed by atoms with Crippen LogP contribution in [0.4, 0.5) is 10.1 Å². The van der Waals surface area contributed by atoms with Crippen molar-refractivity contribution in [3.8, 4) is 11.5 Å². The van der Waals surface area contributed by atoms with Gasteiger partial charge in [-0.3, -0.25) is 0 Å². The third kappa shape index (κ3) is 2.40. The van der Waals surface area contributed by atoms with Gasteiger partial charge in [-0.05, 0) is 43.4 Å². The van der Waals surface area contributed by atoms with Crippen molar-refractivity contribution in [3.63, 3.8) is 0 Å². The lowest BCUT2D eigenvalue weighted by molar-refractivity contribution is 0.413. The topological polar surface area (TPSA) is 64.9 Å². The van der Waals surface area contributed by atoms with Crippen molar-refractivity contribution in [2.45, 2.75) is 38.5 Å². The molecule has 3 rings (SSSR count). The van der Waals surface area contributed by atoms with Gasteiger partial charge in [0.1, 0.15) is 5.82 Å². The van der Waals surface area contributed by atoms with Crippen LogP contribution in [0.3, 0.4) is 0 Å². The maximum absolute atomic E-state index is 13.5. The number of benzene rings is 1. The molecule has 0 aliphatic heterocycles. The van der Waals surface area contributed by atoms with Crippen LogP contribution in [0.15, 0.2) is 22.7 Å². The second-order valence-corrected chi connectivity index (χ2v) is 5.48. The Kier molecular flexibility index (Phi) is 3.42. The van der Waals surface area contributed by atoms with E-state index in [2.05, 4.69) is 17.1 Å². The summed E-state index contributed by atoms with van der Waals surface area (Å²) < 4.78 is 18.7. The number of nitrogens with zero attached hydrogens (tertiary/aromatic N) is 2. The Balaban J connectivity index is 1.81. The molecule has 20 heavy (non-hydrogen) atoms. The summed E-state index contributed by atoms with van der Waals surface area (Å²) in [6.45, 7) is 2.21. The number of nitrogens with two attached hydrogens (primary N) is 1. The van der Waals surface area contributed by atoms with Crippen LogP contribution in [0, 0.1) is 11.7 Å². The number of rotatable bonds is 3. The lowest BCUT2D eigenvalue weighted by Gasteiger charge is -2.04. The van der Waals surface area contributed by atoms with Crippen LogP contribution < -0.4 is 5.73 Å². The average molecular weight is 275 g/mol. The van der Waals surface area contributed by atoms with Crippen LogP contribution in [0.25, 0.3) is 11.5 Å². The van der Waals surface area contributed by atoms with Crippen molar-refractivity contribution in [1.82, 2.24) is 10.1 Å². The fraction of sp³-hybridized carbons (Fsp3) is 0.467. The zero-order valence-electron chi connectivity index (χ0n) is 11.5. The highest BCUT2D eigenvalue weighted by atomic mass is 19.1. The van der Waals surface area contributed by atoms with Gasteiger partial charge in [0.25, 0.3) is 5.89 Å². The van der Waals surface area contributed by atoms with Crippen molar-refractivity contribution < 1.29 is 8.91 Å². The standard InChI is InChI=1S/C15H18FN3O/c1-2-9-3-4-10(7-9)14-18-15(20-19-14)11-5-6-13(17)12(16)8-11/h5-6,8-10H,2-4,7,17H2,1H3. The summed E-state index contributed by atoms with van der Waals surface area (Å²) in [6.07, 6.45) is 4.64. The SMILES string of the molecule is CCC1CCC(c2noc(-c3ccc(N)c(F)c3)n2)C1. The summed E-state index contributed by atoms with van der Waals surface area (Å²) in [6, 6.07) is 4.53. The van der Waals surface area contributed by atoms with Crippen LogP contribution >= 0.6 is 0 Å². The highest BCUT2D eigenvalue weighted by molar-refractivity contribution is 5.57. The molecule has 0 saturated heterocycles. The molecule has 1 aliphatic rings. The smallest absolute Gasteiger partial charge is 0.258 e. The van der Waals surface area contributed by atoms with E-state index in [4.69, 9.17) is 10.3 Å². The normalized spacial score (nSPS) is 22.3. The number of hydrogen-bond donors (Lipinski definition) is 1. The minimum Gasteiger partial charge on any atom is -0.396 e. The number of halogens is 1. The summed E-state index contributed by atoms with van der Waals surface area (Å²) in [5.74, 6) is 1.77. The quantitative estimate of drug-likeness (QED) is 0.866. The molecule has 1 heterocycles. The van der Waals surface area contributed by atoms with Gasteiger partial charge < -0.3 is 10.3 Å². The molecule has 1 aromatic heterocycles. The van der Waals surface area contributed by atoms with Crippen molar-refractivity contribution in [1.29, 1.82) is 0 Å². The summed E-state index contributed by atoms with van der Waals surface area (Å²) >= 11 is 0. The maximum atomic E-state index is 13.5. The molecule has 2 atom stereocenters. The van der Waals surface area contributed by atoms with Crippen LogP contribution in [0.5, 0.6) is 0 Å². The minimum absolute atomic E-state index is 0.120. The molecule has 0 amide bonds. The molecule has 0 spiro atoms. The highest BCUT2D eigenvalue weighted by Gasteiger charge is 2.28. The molecule has 1 aliphatic carbocycles. The van der Waals surface area contributed by atoms with Gasteiger partial charge in [0.15, 0.2) is 5.82 Å². The number of hydrogen-bond acceptors (Lipinski definition) is 4. The molecule has 0 bridgehead atoms. The summed E-state index contributed by atoms with van der Waals surface area (Å²) in [5, 5.41) is 4.06. The van der Waals surface area contributed by atoms with Gasteiger partial charge in [-0.15, -0.1) is 0 Å². The molecule has 1 aromatic carbocycles. The molecule has 5 heteroatoms. The Morgan fingerprint density at radius 2 is 2.25 bits per heavy atom. The lowest BCUT2D eigenvalue weighted by Crippen LogP contribution is -1.97. The van der Waals surface area contributed by atoms with E-state index < -0.39 is 5.82 Å². The Hall–Kier alpha value is -1.91. The summed E-state index contributed by atoms with van der Waals surface area (Å²) in [4.78, 5) is 4.42. The largest absolute Gasteiger partial charge is 0.396 e. The van der Waals surface area contributed by atoms with Gasteiger partial charge in [0.2, 0.25) is 0 Å². The Morgan fingerprint density at radius 3 is 2.95 bits per heavy atom. The minimum atomic E-state index is -0.464. The highest BCUT2D eigenvalue weighted by Crippen LogP contribution is 2.38. The number of nitrogen functional groups attached to an aromatic ring is 1. The van der Waals surface area contributed by atoms with Crippen molar-refractivity contribution >= 4 is 5.69 Å². The van der Waals surface area contributed by atoms with E-state index in [1.54, 1.807) is 6.07 Å². The second kappa shape index (κ2) is 5.23. The second-order valence-electron chi connectivity index (χ2n) is 5.48. The molecule has 106 valence electrons. The van der Waals surface area contributed by atoms with Crippen LogP contribution in [0.2, 0.25) is 0 Å². The summed E-state index contributed by atoms with van der Waals surface area (Å²) in [5.41, 5.74) is 6.15. The van der Waals surface area contributed by atoms with E-state index >= 15 is 0 Å². The van der Waals surface area contributed by atoms with Crippen LogP contribution in [0.1, 0.15) is 44.3 Å². The molecular weight excluding hydrogens is 257 g/mol. The first-order valence-electron chi connectivity index (χ1n) is 7.06. The lowest BCUT2D eigenvalue weighted by atomic mass is 10.0. The third-order valence-electron chi connectivity index (χ3n) is 4.17. The molecule has 2 aromatic rings. The zero-order valence-corrected chi connectivity index (χ0v) is 11.5. The Bertz CT molecular complexity index is 611. The monoisotopic (exact) mass is 275 g/mol. The Morgan fingerprint density at radius 1 is 1.40 bits per heavy atom. The number of aromatic nitrogens is 2. The molecule has 4 nitrogen and oxygen atoms in total. The van der Waals surface area contributed by atoms with E-state index in [-0.39, 0.29) is 5.69 Å². The molecular formula is C15H18FN3O. The van der Waals surface area contributed by atoms with Gasteiger partial charge in [-0.1, -0.05) is 18.5 Å². The fourth-order valence-electron chi connectivity index (χ4n) is 2.86. The van der Waals surface area contributed by atoms with E-state index in [0.29, 0.717) is 17.4 Å². The average Bonchev–Trinajstić information content (AvgIpc) is 3.09. The zero-order chi connectivity index (χ0) is 14.1. The molecule has 2 N–H and O–H groups in total. The van der Waals surface area contributed by atoms with Crippen LogP contribution in [-0.4, -0.2) is 10.1 Å². The van der Waals surface area contributed by atoms with Gasteiger partial charge in [-0.25, -0.2) is 4.39 Å². The van der Waals surface area contributed by atoms with Gasteiger partial charge in [0, 0.05) is 11.5 Å². The number of anilines is 1. The molecule has 1 fully saturated rings. The van der Waals surface area contributed by atoms with E-state index in [0.717, 1.165) is 24.6 Å². The van der Waals surface area contributed by atoms with E-state index in [9.17, 15) is 4.39 Å². The van der Waals surface area contributed by atoms with E-state index in [1.807, 2.05) is 0 Å². The third-order valence-corrected chi connectivity index (χ3v) is 4.17. The van der Waals surface area contributed by atoms with Crippen molar-refractivity contribution in [3.05, 3.63) is 29.8 Å². The van der Waals surface area contributed by atoms with Gasteiger partial charge in [-0.2, -0.15) is 4.98 Å². The van der Waals surface area contributed by atoms with Crippen LogP contribution in [-0.2, 0) is 0 Å². The molecule has 0 radical (unpaired) electrons. The summed E-state index contributed by atoms with van der Waals surface area (Å²) in [7, 11) is 0. The van der Waals surface area contributed by atoms with Gasteiger partial charge in [0.05, 0.1) is 5.69 Å². The van der Waals surface area contributed by atoms with Crippen molar-refractivity contribution in [2.24, 2.45) is 5.92 Å². The maximum Gasteiger partial charge on any atom is 0.258 e. The Labute approximate surface area is 117 Å². The molecule has 1 saturated carbocycles. The first-order chi connectivity index (χ1) is 9.67. The van der Waals surface area contributed by atoms with Crippen molar-refractivity contribution in [2.75, 3.05) is 5.73 Å². The fourth-order valence-corrected chi connectivity index (χ4v) is 2.86. The van der Waals surface area contributed by atoms with Gasteiger partial charge >= 0.3 is 0 Å². The predicted molar refractivity (Wildman–Crippen MR) is 74.5 cm³/mol. The predicted octanol–water partition coefficient (Wildman–Crippen LogP) is 3.75.